The molecule has 0 aliphatic carbocycles. The summed E-state index contributed by atoms with van der Waals surface area (Å²) in [5, 5.41) is 13.7. The minimum absolute atomic E-state index is 0.642. The second-order valence-corrected chi connectivity index (χ2v) is 3.86. The van der Waals surface area contributed by atoms with E-state index in [1.165, 1.54) is 6.20 Å². The molecule has 3 aromatic rings. The van der Waals surface area contributed by atoms with Crippen LogP contribution < -0.4 is 4.73 Å². The standard InChI is InChI=1S/C13H10N2O/c1-9-8-10-4-3-7-15(16)13(10)12-11(9)5-2-6-14-12/h2-8H,1H3. The Hall–Kier alpha value is -2.16. The zero-order chi connectivity index (χ0) is 11.1. The van der Waals surface area contributed by atoms with Crippen molar-refractivity contribution in [1.82, 2.24) is 4.98 Å². The highest BCUT2D eigenvalue weighted by atomic mass is 16.5. The molecule has 0 saturated heterocycles. The van der Waals surface area contributed by atoms with Crippen LogP contribution in [0.5, 0.6) is 0 Å². The molecule has 3 rings (SSSR count). The quantitative estimate of drug-likeness (QED) is 0.324. The number of rotatable bonds is 0. The maximum Gasteiger partial charge on any atom is 0.250 e. The number of nitrogens with zero attached hydrogens (tertiary/aromatic N) is 2. The lowest BCUT2D eigenvalue weighted by molar-refractivity contribution is -0.576. The van der Waals surface area contributed by atoms with Gasteiger partial charge in [0.1, 0.15) is 5.52 Å². The minimum atomic E-state index is 0.642. The van der Waals surface area contributed by atoms with Crippen molar-refractivity contribution in [2.24, 2.45) is 0 Å². The fraction of sp³-hybridized carbons (Fsp3) is 0.0769. The van der Waals surface area contributed by atoms with Crippen LogP contribution in [0.2, 0.25) is 0 Å². The molecule has 0 bridgehead atoms. The molecule has 0 unspecified atom stereocenters. The third-order valence-corrected chi connectivity index (χ3v) is 2.82. The summed E-state index contributed by atoms with van der Waals surface area (Å²) >= 11 is 0. The number of benzene rings is 1. The topological polar surface area (TPSA) is 39.8 Å². The molecule has 3 heteroatoms. The van der Waals surface area contributed by atoms with Crippen LogP contribution in [0, 0.1) is 12.1 Å². The van der Waals surface area contributed by atoms with Crippen LogP contribution in [0.3, 0.4) is 0 Å². The summed E-state index contributed by atoms with van der Waals surface area (Å²) in [6.45, 7) is 2.03. The summed E-state index contributed by atoms with van der Waals surface area (Å²) in [6, 6.07) is 9.59. The van der Waals surface area contributed by atoms with Crippen molar-refractivity contribution in [2.45, 2.75) is 6.92 Å². The van der Waals surface area contributed by atoms with Crippen LogP contribution in [0.25, 0.3) is 21.8 Å². The van der Waals surface area contributed by atoms with Gasteiger partial charge in [-0.2, -0.15) is 4.73 Å². The van der Waals surface area contributed by atoms with Crippen LogP contribution in [-0.4, -0.2) is 4.98 Å². The Morgan fingerprint density at radius 3 is 3.00 bits per heavy atom. The number of hydrogen-bond acceptors (Lipinski definition) is 2. The summed E-state index contributed by atoms with van der Waals surface area (Å²) in [4.78, 5) is 4.31. The van der Waals surface area contributed by atoms with Gasteiger partial charge < -0.3 is 5.21 Å². The van der Waals surface area contributed by atoms with E-state index >= 15 is 0 Å². The molecule has 3 nitrogen and oxygen atoms in total. The first kappa shape index (κ1) is 9.09. The highest BCUT2D eigenvalue weighted by Crippen LogP contribution is 2.23. The van der Waals surface area contributed by atoms with Crippen LogP contribution in [0.4, 0.5) is 0 Å². The molecular formula is C13H10N2O. The molecule has 0 fully saturated rings. The zero-order valence-corrected chi connectivity index (χ0v) is 8.84. The van der Waals surface area contributed by atoms with Crippen molar-refractivity contribution in [1.29, 1.82) is 0 Å². The molecule has 2 heterocycles. The largest absolute Gasteiger partial charge is 0.618 e. The Morgan fingerprint density at radius 1 is 1.25 bits per heavy atom. The first-order chi connectivity index (χ1) is 7.77. The molecule has 0 radical (unpaired) electrons. The summed E-state index contributed by atoms with van der Waals surface area (Å²) in [7, 11) is 0. The molecule has 0 N–H and O–H groups in total. The van der Waals surface area contributed by atoms with Crippen molar-refractivity contribution in [3.8, 4) is 0 Å². The average Bonchev–Trinajstić information content (AvgIpc) is 2.29. The lowest BCUT2D eigenvalue weighted by atomic mass is 10.1. The Labute approximate surface area is 92.6 Å². The van der Waals surface area contributed by atoms with Gasteiger partial charge in [-0.15, -0.1) is 0 Å². The first-order valence-corrected chi connectivity index (χ1v) is 5.13. The second-order valence-electron chi connectivity index (χ2n) is 3.86. The average molecular weight is 210 g/mol. The Morgan fingerprint density at radius 2 is 2.12 bits per heavy atom. The van der Waals surface area contributed by atoms with Gasteiger partial charge in [-0.3, -0.25) is 0 Å². The highest BCUT2D eigenvalue weighted by Gasteiger charge is 2.11. The van der Waals surface area contributed by atoms with Gasteiger partial charge in [0, 0.05) is 17.6 Å². The van der Waals surface area contributed by atoms with Gasteiger partial charge in [-0.1, -0.05) is 6.07 Å². The molecule has 0 spiro atoms. The molecular weight excluding hydrogens is 200 g/mol. The van der Waals surface area contributed by atoms with Crippen molar-refractivity contribution in [3.05, 3.63) is 53.5 Å². The molecule has 0 saturated carbocycles. The van der Waals surface area contributed by atoms with Crippen LogP contribution in [-0.2, 0) is 0 Å². The summed E-state index contributed by atoms with van der Waals surface area (Å²) in [5.74, 6) is 0. The Bertz CT molecular complexity index is 692. The molecule has 0 aliphatic heterocycles. The van der Waals surface area contributed by atoms with Crippen LogP contribution in [0.15, 0.2) is 42.7 Å². The Kier molecular flexibility index (Phi) is 1.80. The summed E-state index contributed by atoms with van der Waals surface area (Å²) in [6.07, 6.45) is 3.22. The molecule has 2 aromatic heterocycles. The van der Waals surface area contributed by atoms with Gasteiger partial charge in [0.15, 0.2) is 6.20 Å². The molecule has 1 aromatic carbocycles. The SMILES string of the molecule is Cc1cc2ccc[n+]([O-])c2c2ncccc12. The van der Waals surface area contributed by atoms with Gasteiger partial charge in [0.05, 0.1) is 5.39 Å². The fourth-order valence-corrected chi connectivity index (χ4v) is 2.09. The fourth-order valence-electron chi connectivity index (χ4n) is 2.09. The molecule has 16 heavy (non-hydrogen) atoms. The van der Waals surface area contributed by atoms with E-state index in [9.17, 15) is 5.21 Å². The van der Waals surface area contributed by atoms with Crippen LogP contribution in [0.1, 0.15) is 5.56 Å². The molecule has 0 aliphatic rings. The summed E-state index contributed by atoms with van der Waals surface area (Å²) in [5.41, 5.74) is 2.55. The van der Waals surface area contributed by atoms with E-state index in [2.05, 4.69) is 4.98 Å². The predicted molar refractivity (Wildman–Crippen MR) is 62.9 cm³/mol. The molecule has 0 amide bonds. The normalized spacial score (nSPS) is 11.1. The van der Waals surface area contributed by atoms with Crippen molar-refractivity contribution < 1.29 is 4.73 Å². The molecule has 78 valence electrons. The predicted octanol–water partition coefficient (Wildman–Crippen LogP) is 2.33. The van der Waals surface area contributed by atoms with Crippen LogP contribution >= 0.6 is 0 Å². The monoisotopic (exact) mass is 210 g/mol. The second kappa shape index (κ2) is 3.17. The van der Waals surface area contributed by atoms with E-state index in [4.69, 9.17) is 0 Å². The van der Waals surface area contributed by atoms with Gasteiger partial charge in [-0.05, 0) is 30.7 Å². The number of aromatic nitrogens is 2. The molecule has 0 atom stereocenters. The van der Waals surface area contributed by atoms with Crippen molar-refractivity contribution in [2.75, 3.05) is 0 Å². The minimum Gasteiger partial charge on any atom is -0.618 e. The zero-order valence-electron chi connectivity index (χ0n) is 8.84. The first-order valence-electron chi connectivity index (χ1n) is 5.13. The third kappa shape index (κ3) is 1.15. The van der Waals surface area contributed by atoms with Gasteiger partial charge in [-0.25, -0.2) is 4.98 Å². The van der Waals surface area contributed by atoms with E-state index in [-0.39, 0.29) is 0 Å². The maximum absolute atomic E-state index is 11.8. The highest BCUT2D eigenvalue weighted by molar-refractivity contribution is 6.02. The van der Waals surface area contributed by atoms with Gasteiger partial charge in [0.2, 0.25) is 5.52 Å². The summed E-state index contributed by atoms with van der Waals surface area (Å²) < 4.78 is 0.879. The van der Waals surface area contributed by atoms with E-state index in [0.717, 1.165) is 26.6 Å². The van der Waals surface area contributed by atoms with E-state index < -0.39 is 0 Å². The van der Waals surface area contributed by atoms with Gasteiger partial charge in [0.25, 0.3) is 0 Å². The lowest BCUT2D eigenvalue weighted by Gasteiger charge is -2.06. The van der Waals surface area contributed by atoms with E-state index in [0.29, 0.717) is 5.52 Å². The number of aryl methyl sites for hydroxylation is 1. The number of pyridine rings is 2. The maximum atomic E-state index is 11.8. The Balaban J connectivity index is 2.67. The van der Waals surface area contributed by atoms with Crippen molar-refractivity contribution in [3.63, 3.8) is 0 Å². The van der Waals surface area contributed by atoms with Crippen molar-refractivity contribution >= 4 is 21.8 Å². The van der Waals surface area contributed by atoms with E-state index in [1.807, 2.05) is 31.2 Å². The van der Waals surface area contributed by atoms with E-state index in [1.54, 1.807) is 12.3 Å². The van der Waals surface area contributed by atoms with Gasteiger partial charge >= 0.3 is 0 Å². The smallest absolute Gasteiger partial charge is 0.250 e. The number of hydrogen-bond donors (Lipinski definition) is 0. The number of fused-ring (bicyclic) bond motifs is 3. The third-order valence-electron chi connectivity index (χ3n) is 2.82. The lowest BCUT2D eigenvalue weighted by Crippen LogP contribution is -2.26.